The second kappa shape index (κ2) is 10.5. The van der Waals surface area contributed by atoms with Crippen molar-refractivity contribution in [1.29, 1.82) is 0 Å². The SMILES string of the molecule is C=CCN(CCOC)S(=O)(=O)CCCCNCC. The van der Waals surface area contributed by atoms with Gasteiger partial charge in [-0.3, -0.25) is 0 Å². The monoisotopic (exact) mass is 278 g/mol. The van der Waals surface area contributed by atoms with Gasteiger partial charge in [0.05, 0.1) is 12.4 Å². The zero-order valence-corrected chi connectivity index (χ0v) is 12.3. The van der Waals surface area contributed by atoms with Crippen LogP contribution >= 0.6 is 0 Å². The number of ether oxygens (including phenoxy) is 1. The summed E-state index contributed by atoms with van der Waals surface area (Å²) in [6.45, 7) is 8.55. The first kappa shape index (κ1) is 17.6. The molecule has 18 heavy (non-hydrogen) atoms. The number of rotatable bonds is 12. The van der Waals surface area contributed by atoms with Crippen LogP contribution in [0.2, 0.25) is 0 Å². The first-order chi connectivity index (χ1) is 8.58. The van der Waals surface area contributed by atoms with Gasteiger partial charge >= 0.3 is 0 Å². The molecule has 0 rings (SSSR count). The van der Waals surface area contributed by atoms with E-state index in [9.17, 15) is 8.42 Å². The van der Waals surface area contributed by atoms with Crippen molar-refractivity contribution < 1.29 is 13.2 Å². The Morgan fingerprint density at radius 3 is 2.67 bits per heavy atom. The summed E-state index contributed by atoms with van der Waals surface area (Å²) in [6, 6.07) is 0. The Balaban J connectivity index is 4.14. The number of unbranched alkanes of at least 4 members (excludes halogenated alkanes) is 1. The van der Waals surface area contributed by atoms with Crippen molar-refractivity contribution in [2.75, 3.05) is 45.6 Å². The molecule has 5 nitrogen and oxygen atoms in total. The lowest BCUT2D eigenvalue weighted by Gasteiger charge is -2.20. The molecule has 0 heterocycles. The van der Waals surface area contributed by atoms with E-state index >= 15 is 0 Å². The van der Waals surface area contributed by atoms with Gasteiger partial charge in [0.1, 0.15) is 0 Å². The molecule has 6 heteroatoms. The van der Waals surface area contributed by atoms with E-state index in [4.69, 9.17) is 4.74 Å². The predicted molar refractivity (Wildman–Crippen MR) is 75.2 cm³/mol. The molecule has 0 fully saturated rings. The highest BCUT2D eigenvalue weighted by Crippen LogP contribution is 2.05. The molecule has 0 aromatic heterocycles. The molecule has 0 unspecified atom stereocenters. The Morgan fingerprint density at radius 2 is 2.11 bits per heavy atom. The number of sulfonamides is 1. The maximum Gasteiger partial charge on any atom is 0.214 e. The number of methoxy groups -OCH3 is 1. The summed E-state index contributed by atoms with van der Waals surface area (Å²) in [5.41, 5.74) is 0. The molecule has 0 atom stereocenters. The van der Waals surface area contributed by atoms with Crippen LogP contribution in [0.15, 0.2) is 12.7 Å². The first-order valence-electron chi connectivity index (χ1n) is 6.36. The standard InChI is InChI=1S/C12H26N2O3S/c1-4-9-14(10-11-17-3)18(15,16)12-7-6-8-13-5-2/h4,13H,1,5-12H2,2-3H3. The largest absolute Gasteiger partial charge is 0.383 e. The predicted octanol–water partition coefficient (Wildman–Crippen LogP) is 0.840. The molecule has 0 aliphatic rings. The summed E-state index contributed by atoms with van der Waals surface area (Å²) >= 11 is 0. The Bertz CT molecular complexity index is 304. The molecular formula is C12H26N2O3S. The van der Waals surface area contributed by atoms with Gasteiger partial charge < -0.3 is 10.1 Å². The minimum absolute atomic E-state index is 0.190. The molecule has 0 spiro atoms. The van der Waals surface area contributed by atoms with Crippen LogP contribution in [0.3, 0.4) is 0 Å². The normalized spacial score (nSPS) is 11.9. The zero-order valence-electron chi connectivity index (χ0n) is 11.5. The zero-order chi connectivity index (χ0) is 13.9. The van der Waals surface area contributed by atoms with Gasteiger partial charge in [-0.05, 0) is 25.9 Å². The Morgan fingerprint density at radius 1 is 1.39 bits per heavy atom. The third-order valence-electron chi connectivity index (χ3n) is 2.53. The second-order valence-electron chi connectivity index (χ2n) is 4.02. The quantitative estimate of drug-likeness (QED) is 0.424. The summed E-state index contributed by atoms with van der Waals surface area (Å²) in [4.78, 5) is 0. The molecule has 0 saturated heterocycles. The van der Waals surface area contributed by atoms with Gasteiger partial charge in [0.15, 0.2) is 0 Å². The van der Waals surface area contributed by atoms with Crippen LogP contribution in [0, 0.1) is 0 Å². The molecule has 0 aromatic rings. The van der Waals surface area contributed by atoms with E-state index in [0.717, 1.165) is 19.5 Å². The summed E-state index contributed by atoms with van der Waals surface area (Å²) in [6.07, 6.45) is 3.15. The van der Waals surface area contributed by atoms with Crippen molar-refractivity contribution in [1.82, 2.24) is 9.62 Å². The molecule has 0 amide bonds. The van der Waals surface area contributed by atoms with Gasteiger partial charge in [-0.25, -0.2) is 8.42 Å². The number of nitrogens with zero attached hydrogens (tertiary/aromatic N) is 1. The van der Waals surface area contributed by atoms with Crippen molar-refractivity contribution in [3.63, 3.8) is 0 Å². The first-order valence-corrected chi connectivity index (χ1v) is 7.97. The summed E-state index contributed by atoms with van der Waals surface area (Å²) in [5, 5.41) is 3.18. The molecule has 0 aliphatic carbocycles. The van der Waals surface area contributed by atoms with Crippen molar-refractivity contribution in [2.45, 2.75) is 19.8 Å². The van der Waals surface area contributed by atoms with Crippen LogP contribution in [0.1, 0.15) is 19.8 Å². The summed E-state index contributed by atoms with van der Waals surface area (Å²) in [7, 11) is -1.63. The van der Waals surface area contributed by atoms with Crippen molar-refractivity contribution in [2.24, 2.45) is 0 Å². The maximum absolute atomic E-state index is 12.1. The topological polar surface area (TPSA) is 58.6 Å². The van der Waals surface area contributed by atoms with E-state index in [0.29, 0.717) is 26.1 Å². The maximum atomic E-state index is 12.1. The van der Waals surface area contributed by atoms with Gasteiger partial charge in [-0.2, -0.15) is 4.31 Å². The average Bonchev–Trinajstić information content (AvgIpc) is 2.34. The average molecular weight is 278 g/mol. The lowest BCUT2D eigenvalue weighted by atomic mass is 10.3. The van der Waals surface area contributed by atoms with E-state index in [2.05, 4.69) is 11.9 Å². The van der Waals surface area contributed by atoms with Gasteiger partial charge in [0.2, 0.25) is 10.0 Å². The highest BCUT2D eigenvalue weighted by Gasteiger charge is 2.19. The molecule has 108 valence electrons. The molecule has 0 bridgehead atoms. The van der Waals surface area contributed by atoms with Crippen LogP contribution in [-0.4, -0.2) is 58.4 Å². The molecule has 1 N–H and O–H groups in total. The van der Waals surface area contributed by atoms with Crippen LogP contribution in [0.5, 0.6) is 0 Å². The third-order valence-corrected chi connectivity index (χ3v) is 4.45. The van der Waals surface area contributed by atoms with Gasteiger partial charge in [0, 0.05) is 20.2 Å². The van der Waals surface area contributed by atoms with Crippen molar-refractivity contribution >= 4 is 10.0 Å². The fourth-order valence-electron chi connectivity index (χ4n) is 1.52. The minimum Gasteiger partial charge on any atom is -0.383 e. The fraction of sp³-hybridized carbons (Fsp3) is 0.833. The molecule has 0 aliphatic heterocycles. The lowest BCUT2D eigenvalue weighted by Crippen LogP contribution is -2.36. The minimum atomic E-state index is -3.19. The van der Waals surface area contributed by atoms with Gasteiger partial charge in [-0.15, -0.1) is 6.58 Å². The van der Waals surface area contributed by atoms with E-state index in [1.807, 2.05) is 6.92 Å². The van der Waals surface area contributed by atoms with Crippen LogP contribution < -0.4 is 5.32 Å². The Labute approximate surface area is 111 Å². The molecule has 0 saturated carbocycles. The number of hydrogen-bond donors (Lipinski definition) is 1. The van der Waals surface area contributed by atoms with Gasteiger partial charge in [-0.1, -0.05) is 13.0 Å². The smallest absolute Gasteiger partial charge is 0.214 e. The summed E-state index contributed by atoms with van der Waals surface area (Å²) < 4.78 is 30.5. The Hall–Kier alpha value is -0.430. The van der Waals surface area contributed by atoms with Crippen LogP contribution in [0.25, 0.3) is 0 Å². The Kier molecular flexibility index (Phi) is 10.2. The third kappa shape index (κ3) is 7.81. The highest BCUT2D eigenvalue weighted by atomic mass is 32.2. The number of nitrogens with one attached hydrogen (secondary N) is 1. The van der Waals surface area contributed by atoms with E-state index in [1.165, 1.54) is 4.31 Å². The van der Waals surface area contributed by atoms with E-state index in [-0.39, 0.29) is 5.75 Å². The molecule has 0 aromatic carbocycles. The second-order valence-corrected chi connectivity index (χ2v) is 6.10. The van der Waals surface area contributed by atoms with Gasteiger partial charge in [0.25, 0.3) is 0 Å². The molecular weight excluding hydrogens is 252 g/mol. The fourth-order valence-corrected chi connectivity index (χ4v) is 3.03. The van der Waals surface area contributed by atoms with Crippen molar-refractivity contribution in [3.05, 3.63) is 12.7 Å². The van der Waals surface area contributed by atoms with E-state index < -0.39 is 10.0 Å². The lowest BCUT2D eigenvalue weighted by molar-refractivity contribution is 0.182. The number of hydrogen-bond acceptors (Lipinski definition) is 4. The highest BCUT2D eigenvalue weighted by molar-refractivity contribution is 7.89. The van der Waals surface area contributed by atoms with Crippen LogP contribution in [0.4, 0.5) is 0 Å². The van der Waals surface area contributed by atoms with Crippen LogP contribution in [-0.2, 0) is 14.8 Å². The van der Waals surface area contributed by atoms with E-state index in [1.54, 1.807) is 13.2 Å². The van der Waals surface area contributed by atoms with Crippen molar-refractivity contribution in [3.8, 4) is 0 Å². The molecule has 0 radical (unpaired) electrons. The summed E-state index contributed by atoms with van der Waals surface area (Å²) in [5.74, 6) is 0.190.